The normalized spacial score (nSPS) is 15.8. The van der Waals surface area contributed by atoms with Gasteiger partial charge < -0.3 is 11.5 Å². The number of nitrogens with two attached hydrogens (primary N) is 2. The molecule has 4 N–H and O–H groups in total. The van der Waals surface area contributed by atoms with Gasteiger partial charge in [-0.1, -0.05) is 87.6 Å². The van der Waals surface area contributed by atoms with Gasteiger partial charge in [0.1, 0.15) is 0 Å². The zero-order valence-corrected chi connectivity index (χ0v) is 21.6. The maximum absolute atomic E-state index is 6.01. The van der Waals surface area contributed by atoms with E-state index in [1.807, 2.05) is 24.3 Å². The Morgan fingerprint density at radius 1 is 0.629 bits per heavy atom. The molecule has 2 heteroatoms. The first-order valence-corrected chi connectivity index (χ1v) is 13.9. The summed E-state index contributed by atoms with van der Waals surface area (Å²) in [6.07, 6.45) is 15.4. The van der Waals surface area contributed by atoms with Crippen molar-refractivity contribution in [1.82, 2.24) is 0 Å². The number of anilines is 2. The average Bonchev–Trinajstić information content (AvgIpc) is 2.89. The zero-order valence-electron chi connectivity index (χ0n) is 21.6. The molecule has 35 heavy (non-hydrogen) atoms. The Balaban J connectivity index is 1.35. The third-order valence-corrected chi connectivity index (χ3v) is 8.25. The number of hydrogen-bond donors (Lipinski definition) is 2. The number of benzene rings is 3. The highest BCUT2D eigenvalue weighted by Gasteiger charge is 2.38. The third kappa shape index (κ3) is 6.69. The Hall–Kier alpha value is -2.74. The SMILES string of the molecule is CCCCCCCCc1ccc(CC2CCC(c3ccc(N)cc3)(c3ccc(N)cc3)CC2)cc1. The lowest BCUT2D eigenvalue weighted by atomic mass is 9.62. The summed E-state index contributed by atoms with van der Waals surface area (Å²) in [5.74, 6) is 0.745. The van der Waals surface area contributed by atoms with Crippen molar-refractivity contribution in [1.29, 1.82) is 0 Å². The Labute approximate surface area is 213 Å². The molecule has 3 aromatic rings. The summed E-state index contributed by atoms with van der Waals surface area (Å²) in [4.78, 5) is 0. The van der Waals surface area contributed by atoms with Crippen LogP contribution in [-0.2, 0) is 18.3 Å². The Bertz CT molecular complexity index is 963. The molecule has 0 atom stereocenters. The molecule has 0 bridgehead atoms. The molecule has 0 heterocycles. The minimum absolute atomic E-state index is 0.0545. The Morgan fingerprint density at radius 2 is 1.11 bits per heavy atom. The van der Waals surface area contributed by atoms with Crippen LogP contribution in [0.2, 0.25) is 0 Å². The predicted molar refractivity (Wildman–Crippen MR) is 152 cm³/mol. The van der Waals surface area contributed by atoms with Crippen LogP contribution in [0, 0.1) is 5.92 Å². The van der Waals surface area contributed by atoms with E-state index < -0.39 is 0 Å². The van der Waals surface area contributed by atoms with Crippen molar-refractivity contribution < 1.29 is 0 Å². The highest BCUT2D eigenvalue weighted by atomic mass is 14.5. The van der Waals surface area contributed by atoms with Gasteiger partial charge in [0, 0.05) is 16.8 Å². The summed E-state index contributed by atoms with van der Waals surface area (Å²) in [6, 6.07) is 26.6. The van der Waals surface area contributed by atoms with Gasteiger partial charge in [-0.3, -0.25) is 0 Å². The van der Waals surface area contributed by atoms with Crippen molar-refractivity contribution in [3.05, 3.63) is 95.1 Å². The quantitative estimate of drug-likeness (QED) is 0.219. The summed E-state index contributed by atoms with van der Waals surface area (Å²) in [6.45, 7) is 2.28. The molecule has 1 fully saturated rings. The average molecular weight is 469 g/mol. The highest BCUT2D eigenvalue weighted by molar-refractivity contribution is 5.49. The van der Waals surface area contributed by atoms with Crippen molar-refractivity contribution in [3.8, 4) is 0 Å². The second-order valence-corrected chi connectivity index (χ2v) is 10.8. The number of hydrogen-bond acceptors (Lipinski definition) is 2. The second kappa shape index (κ2) is 12.3. The maximum Gasteiger partial charge on any atom is 0.0314 e. The smallest absolute Gasteiger partial charge is 0.0314 e. The lowest BCUT2D eigenvalue weighted by Crippen LogP contribution is -2.33. The zero-order chi connectivity index (χ0) is 24.5. The van der Waals surface area contributed by atoms with E-state index in [0.717, 1.165) is 17.3 Å². The van der Waals surface area contributed by atoms with Crippen LogP contribution in [0.1, 0.15) is 93.4 Å². The first kappa shape index (κ1) is 25.4. The van der Waals surface area contributed by atoms with Gasteiger partial charge in [-0.05, 0) is 97.4 Å². The monoisotopic (exact) mass is 468 g/mol. The number of nitrogen functional groups attached to an aromatic ring is 2. The number of rotatable bonds is 11. The lowest BCUT2D eigenvalue weighted by molar-refractivity contribution is 0.264. The Kier molecular flexibility index (Phi) is 8.90. The molecule has 1 aliphatic carbocycles. The van der Waals surface area contributed by atoms with Crippen molar-refractivity contribution in [2.45, 2.75) is 89.4 Å². The molecule has 0 radical (unpaired) electrons. The van der Waals surface area contributed by atoms with E-state index in [1.165, 1.54) is 99.3 Å². The molecular weight excluding hydrogens is 424 g/mol. The minimum Gasteiger partial charge on any atom is -0.399 e. The fourth-order valence-corrected chi connectivity index (χ4v) is 6.01. The molecule has 3 aromatic carbocycles. The fourth-order valence-electron chi connectivity index (χ4n) is 6.01. The summed E-state index contributed by atoms with van der Waals surface area (Å²) < 4.78 is 0. The van der Waals surface area contributed by atoms with Crippen LogP contribution >= 0.6 is 0 Å². The first-order chi connectivity index (χ1) is 17.1. The molecule has 0 aliphatic heterocycles. The van der Waals surface area contributed by atoms with Crippen molar-refractivity contribution in [3.63, 3.8) is 0 Å². The predicted octanol–water partition coefficient (Wildman–Crippen LogP) is 8.47. The van der Waals surface area contributed by atoms with E-state index in [2.05, 4.69) is 55.5 Å². The van der Waals surface area contributed by atoms with Crippen molar-refractivity contribution in [2.24, 2.45) is 5.92 Å². The van der Waals surface area contributed by atoms with E-state index in [-0.39, 0.29) is 5.41 Å². The van der Waals surface area contributed by atoms with E-state index in [4.69, 9.17) is 11.5 Å². The standard InChI is InChI=1S/C33H44N2/c1-2-3-4-5-6-7-8-26-9-11-27(12-10-26)25-28-21-23-33(24-22-28,29-13-17-31(34)18-14-29)30-15-19-32(35)20-16-30/h9-20,28H,2-8,21-25,34-35H2,1H3. The van der Waals surface area contributed by atoms with Gasteiger partial charge in [0.05, 0.1) is 0 Å². The molecule has 0 amide bonds. The van der Waals surface area contributed by atoms with Crippen LogP contribution in [0.15, 0.2) is 72.8 Å². The topological polar surface area (TPSA) is 52.0 Å². The number of aryl methyl sites for hydroxylation is 1. The molecule has 0 aromatic heterocycles. The molecule has 1 aliphatic rings. The van der Waals surface area contributed by atoms with E-state index in [1.54, 1.807) is 0 Å². The largest absolute Gasteiger partial charge is 0.399 e. The molecule has 0 saturated heterocycles. The Morgan fingerprint density at radius 3 is 1.66 bits per heavy atom. The van der Waals surface area contributed by atoms with Crippen LogP contribution in [0.4, 0.5) is 11.4 Å². The third-order valence-electron chi connectivity index (χ3n) is 8.25. The summed E-state index contributed by atoms with van der Waals surface area (Å²) in [5.41, 5.74) is 19.5. The second-order valence-electron chi connectivity index (χ2n) is 10.8. The minimum atomic E-state index is 0.0545. The van der Waals surface area contributed by atoms with Gasteiger partial charge >= 0.3 is 0 Å². The van der Waals surface area contributed by atoms with E-state index in [9.17, 15) is 0 Å². The molecule has 186 valence electrons. The van der Waals surface area contributed by atoms with Gasteiger partial charge in [0.2, 0.25) is 0 Å². The first-order valence-electron chi connectivity index (χ1n) is 13.9. The molecule has 0 spiro atoms. The van der Waals surface area contributed by atoms with E-state index >= 15 is 0 Å². The molecule has 2 nitrogen and oxygen atoms in total. The summed E-state index contributed by atoms with van der Waals surface area (Å²) in [7, 11) is 0. The van der Waals surface area contributed by atoms with Gasteiger partial charge in [0.15, 0.2) is 0 Å². The number of unbranched alkanes of at least 4 members (excludes halogenated alkanes) is 5. The van der Waals surface area contributed by atoms with Gasteiger partial charge in [-0.25, -0.2) is 0 Å². The molecule has 4 rings (SSSR count). The van der Waals surface area contributed by atoms with Crippen molar-refractivity contribution >= 4 is 11.4 Å². The van der Waals surface area contributed by atoms with E-state index in [0.29, 0.717) is 0 Å². The van der Waals surface area contributed by atoms with Gasteiger partial charge in [0.25, 0.3) is 0 Å². The van der Waals surface area contributed by atoms with Crippen molar-refractivity contribution in [2.75, 3.05) is 11.5 Å². The van der Waals surface area contributed by atoms with Crippen LogP contribution in [-0.4, -0.2) is 0 Å². The molecular formula is C33H44N2. The van der Waals surface area contributed by atoms with Gasteiger partial charge in [-0.15, -0.1) is 0 Å². The van der Waals surface area contributed by atoms with Crippen LogP contribution in [0.3, 0.4) is 0 Å². The van der Waals surface area contributed by atoms with Crippen LogP contribution in [0.25, 0.3) is 0 Å². The highest BCUT2D eigenvalue weighted by Crippen LogP contribution is 2.47. The lowest BCUT2D eigenvalue weighted by Gasteiger charge is -2.41. The summed E-state index contributed by atoms with van der Waals surface area (Å²) in [5, 5.41) is 0. The molecule has 0 unspecified atom stereocenters. The maximum atomic E-state index is 6.01. The molecule has 1 saturated carbocycles. The summed E-state index contributed by atoms with van der Waals surface area (Å²) >= 11 is 0. The van der Waals surface area contributed by atoms with Crippen LogP contribution in [0.5, 0.6) is 0 Å². The fraction of sp³-hybridized carbons (Fsp3) is 0.455. The van der Waals surface area contributed by atoms with Crippen LogP contribution < -0.4 is 11.5 Å². The van der Waals surface area contributed by atoms with Gasteiger partial charge in [-0.2, -0.15) is 0 Å².